The lowest BCUT2D eigenvalue weighted by molar-refractivity contribution is 0.963. The maximum absolute atomic E-state index is 6.18. The first-order valence-electron chi connectivity index (χ1n) is 5.76. The van der Waals surface area contributed by atoms with Gasteiger partial charge < -0.3 is 11.1 Å². The summed E-state index contributed by atoms with van der Waals surface area (Å²) in [5.41, 5.74) is 8.88. The number of hydrogen-bond donors (Lipinski definition) is 2. The molecular weight excluding hydrogens is 360 g/mol. The summed E-state index contributed by atoms with van der Waals surface area (Å²) >= 11 is 14.6. The summed E-state index contributed by atoms with van der Waals surface area (Å²) in [4.78, 5) is 0.274. The van der Waals surface area contributed by atoms with Crippen LogP contribution >= 0.6 is 39.7 Å². The summed E-state index contributed by atoms with van der Waals surface area (Å²) in [5.74, 6) is 0.504. The number of rotatable bonds is 3. The zero-order valence-corrected chi connectivity index (χ0v) is 14.0. The lowest BCUT2D eigenvalue weighted by Gasteiger charge is -2.14. The number of nitrogens with two attached hydrogens (primary N) is 1. The van der Waals surface area contributed by atoms with Crippen LogP contribution in [0.5, 0.6) is 0 Å². The van der Waals surface area contributed by atoms with Crippen LogP contribution in [0.2, 0.25) is 5.02 Å². The van der Waals surface area contributed by atoms with Gasteiger partial charge in [0.1, 0.15) is 4.99 Å². The number of hydrogen-bond acceptors (Lipinski definition) is 4. The largest absolute Gasteiger partial charge is 0.389 e. The van der Waals surface area contributed by atoms with Gasteiger partial charge in [-0.05, 0) is 37.6 Å². The summed E-state index contributed by atoms with van der Waals surface area (Å²) in [7, 11) is 0. The fourth-order valence-corrected chi connectivity index (χ4v) is 2.69. The molecule has 0 aliphatic carbocycles. The Morgan fingerprint density at radius 3 is 2.65 bits per heavy atom. The van der Waals surface area contributed by atoms with Gasteiger partial charge in [0.05, 0.1) is 22.0 Å². The van der Waals surface area contributed by atoms with Gasteiger partial charge >= 0.3 is 0 Å². The molecule has 4 nitrogen and oxygen atoms in total. The Balaban J connectivity index is 2.48. The van der Waals surface area contributed by atoms with Crippen molar-refractivity contribution in [1.29, 1.82) is 0 Å². The molecule has 0 radical (unpaired) electrons. The van der Waals surface area contributed by atoms with Crippen LogP contribution in [-0.2, 0) is 0 Å². The molecule has 7 heteroatoms. The van der Waals surface area contributed by atoms with E-state index in [0.717, 1.165) is 15.7 Å². The Kier molecular flexibility index (Phi) is 4.57. The van der Waals surface area contributed by atoms with Crippen LogP contribution in [0.4, 0.5) is 11.5 Å². The third-order valence-corrected chi connectivity index (χ3v) is 3.90. The maximum atomic E-state index is 6.18. The molecule has 0 fully saturated rings. The molecule has 1 heterocycles. The van der Waals surface area contributed by atoms with Crippen LogP contribution in [0.1, 0.15) is 16.8 Å². The molecular formula is C13H12BrClN4S. The van der Waals surface area contributed by atoms with Gasteiger partial charge in [-0.25, -0.2) is 0 Å². The molecule has 2 aromatic rings. The van der Waals surface area contributed by atoms with Crippen LogP contribution < -0.4 is 11.1 Å². The first kappa shape index (κ1) is 15.2. The predicted octanol–water partition coefficient (Wildman–Crippen LogP) is 3.89. The number of benzene rings is 1. The van der Waals surface area contributed by atoms with Gasteiger partial charge in [-0.1, -0.05) is 39.7 Å². The topological polar surface area (TPSA) is 63.8 Å². The number of halogens is 2. The average molecular weight is 372 g/mol. The van der Waals surface area contributed by atoms with E-state index in [2.05, 4.69) is 31.4 Å². The third-order valence-electron chi connectivity index (χ3n) is 2.89. The molecule has 0 amide bonds. The molecule has 0 aliphatic heterocycles. The Morgan fingerprint density at radius 1 is 1.35 bits per heavy atom. The SMILES string of the molecule is Cc1nnc(Nc2ccc(Br)cc2Cl)c(C(N)=S)c1C. The Labute approximate surface area is 135 Å². The summed E-state index contributed by atoms with van der Waals surface area (Å²) < 4.78 is 0.897. The highest BCUT2D eigenvalue weighted by Crippen LogP contribution is 2.29. The van der Waals surface area contributed by atoms with Crippen molar-refractivity contribution in [2.75, 3.05) is 5.32 Å². The second-order valence-corrected chi connectivity index (χ2v) is 6.01. The van der Waals surface area contributed by atoms with Gasteiger partial charge in [0.25, 0.3) is 0 Å². The van der Waals surface area contributed by atoms with Crippen molar-refractivity contribution < 1.29 is 0 Å². The summed E-state index contributed by atoms with van der Waals surface area (Å²) in [6, 6.07) is 5.51. The van der Waals surface area contributed by atoms with Gasteiger partial charge in [-0.15, -0.1) is 5.10 Å². The number of nitrogens with one attached hydrogen (secondary N) is 1. The summed E-state index contributed by atoms with van der Waals surface area (Å²) in [6.45, 7) is 3.77. The van der Waals surface area contributed by atoms with Gasteiger partial charge in [-0.3, -0.25) is 0 Å². The van der Waals surface area contributed by atoms with Crippen molar-refractivity contribution >= 4 is 56.2 Å². The molecule has 0 aliphatic rings. The van der Waals surface area contributed by atoms with E-state index in [1.807, 2.05) is 26.0 Å². The summed E-state index contributed by atoms with van der Waals surface area (Å²) in [5, 5.41) is 11.9. The lowest BCUT2D eigenvalue weighted by Crippen LogP contribution is -2.17. The van der Waals surface area contributed by atoms with E-state index >= 15 is 0 Å². The van der Waals surface area contributed by atoms with Crippen molar-refractivity contribution in [2.45, 2.75) is 13.8 Å². The van der Waals surface area contributed by atoms with Crippen LogP contribution in [0.15, 0.2) is 22.7 Å². The molecule has 0 unspecified atom stereocenters. The highest BCUT2D eigenvalue weighted by atomic mass is 79.9. The Bertz CT molecular complexity index is 690. The normalized spacial score (nSPS) is 10.4. The zero-order valence-electron chi connectivity index (χ0n) is 10.9. The zero-order chi connectivity index (χ0) is 14.9. The van der Waals surface area contributed by atoms with Gasteiger partial charge in [0.15, 0.2) is 5.82 Å². The Morgan fingerprint density at radius 2 is 2.05 bits per heavy atom. The lowest BCUT2D eigenvalue weighted by atomic mass is 10.1. The number of aromatic nitrogens is 2. The van der Waals surface area contributed by atoms with Gasteiger partial charge in [-0.2, -0.15) is 5.10 Å². The van der Waals surface area contributed by atoms with Crippen molar-refractivity contribution in [3.05, 3.63) is 44.5 Å². The molecule has 0 saturated carbocycles. The molecule has 0 saturated heterocycles. The number of aryl methyl sites for hydroxylation is 1. The van der Waals surface area contributed by atoms with Crippen LogP contribution in [0.25, 0.3) is 0 Å². The first-order valence-corrected chi connectivity index (χ1v) is 7.34. The summed E-state index contributed by atoms with van der Waals surface area (Å²) in [6.07, 6.45) is 0. The van der Waals surface area contributed by atoms with Crippen molar-refractivity contribution in [1.82, 2.24) is 10.2 Å². The quantitative estimate of drug-likeness (QED) is 0.801. The van der Waals surface area contributed by atoms with E-state index in [1.54, 1.807) is 6.07 Å². The van der Waals surface area contributed by atoms with Crippen LogP contribution in [-0.4, -0.2) is 15.2 Å². The molecule has 0 bridgehead atoms. The van der Waals surface area contributed by atoms with Crippen molar-refractivity contribution in [3.63, 3.8) is 0 Å². The fraction of sp³-hybridized carbons (Fsp3) is 0.154. The number of nitrogens with zero attached hydrogens (tertiary/aromatic N) is 2. The molecule has 1 aromatic carbocycles. The van der Waals surface area contributed by atoms with E-state index in [-0.39, 0.29) is 4.99 Å². The standard InChI is InChI=1S/C13H12BrClN4S/c1-6-7(2)18-19-13(11(6)12(16)20)17-10-4-3-8(14)5-9(10)15/h3-5H,1-2H3,(H2,16,20)(H,17,19). The molecule has 104 valence electrons. The van der Waals surface area contributed by atoms with E-state index < -0.39 is 0 Å². The van der Waals surface area contributed by atoms with E-state index in [1.165, 1.54) is 0 Å². The minimum Gasteiger partial charge on any atom is -0.389 e. The van der Waals surface area contributed by atoms with Crippen molar-refractivity contribution in [3.8, 4) is 0 Å². The number of thiocarbonyl (C=S) groups is 1. The maximum Gasteiger partial charge on any atom is 0.163 e. The predicted molar refractivity (Wildman–Crippen MR) is 89.8 cm³/mol. The fourth-order valence-electron chi connectivity index (χ4n) is 1.72. The van der Waals surface area contributed by atoms with E-state index in [9.17, 15) is 0 Å². The minimum atomic E-state index is 0.274. The van der Waals surface area contributed by atoms with Gasteiger partial charge in [0.2, 0.25) is 0 Å². The second-order valence-electron chi connectivity index (χ2n) is 4.25. The van der Waals surface area contributed by atoms with E-state index in [0.29, 0.717) is 22.1 Å². The Hall–Kier alpha value is -1.24. The van der Waals surface area contributed by atoms with Gasteiger partial charge in [0, 0.05) is 4.47 Å². The molecule has 0 atom stereocenters. The third kappa shape index (κ3) is 3.08. The highest BCUT2D eigenvalue weighted by Gasteiger charge is 2.14. The van der Waals surface area contributed by atoms with Crippen LogP contribution in [0.3, 0.4) is 0 Å². The second kappa shape index (κ2) is 6.03. The molecule has 0 spiro atoms. The molecule has 20 heavy (non-hydrogen) atoms. The average Bonchev–Trinajstić information content (AvgIpc) is 2.36. The van der Waals surface area contributed by atoms with Crippen molar-refractivity contribution in [2.24, 2.45) is 5.73 Å². The minimum absolute atomic E-state index is 0.274. The molecule has 3 N–H and O–H groups in total. The number of anilines is 2. The smallest absolute Gasteiger partial charge is 0.163 e. The first-order chi connectivity index (χ1) is 9.40. The van der Waals surface area contributed by atoms with Crippen LogP contribution in [0, 0.1) is 13.8 Å². The molecule has 1 aromatic heterocycles. The van der Waals surface area contributed by atoms with E-state index in [4.69, 9.17) is 29.6 Å². The highest BCUT2D eigenvalue weighted by molar-refractivity contribution is 9.10. The molecule has 2 rings (SSSR count). The monoisotopic (exact) mass is 370 g/mol.